The summed E-state index contributed by atoms with van der Waals surface area (Å²) in [4.78, 5) is 38.1. The lowest BCUT2D eigenvalue weighted by atomic mass is 10.1. The van der Waals surface area contributed by atoms with Crippen molar-refractivity contribution >= 4 is 23.3 Å². The number of fused-ring (bicyclic) bond motifs is 1. The highest BCUT2D eigenvalue weighted by molar-refractivity contribution is 6.23. The maximum Gasteiger partial charge on any atom is 0.262 e. The minimum Gasteiger partial charge on any atom is -0.399 e. The molecule has 0 bridgehead atoms. The van der Waals surface area contributed by atoms with Crippen molar-refractivity contribution < 1.29 is 14.4 Å². The van der Waals surface area contributed by atoms with E-state index in [9.17, 15) is 14.4 Å². The third kappa shape index (κ3) is 1.90. The van der Waals surface area contributed by atoms with Crippen LogP contribution in [0.1, 0.15) is 52.8 Å². The second kappa shape index (κ2) is 4.74. The zero-order chi connectivity index (χ0) is 14.3. The van der Waals surface area contributed by atoms with Crippen LogP contribution in [0.3, 0.4) is 0 Å². The lowest BCUT2D eigenvalue weighted by Crippen LogP contribution is -2.44. The highest BCUT2D eigenvalue weighted by Crippen LogP contribution is 2.30. The van der Waals surface area contributed by atoms with E-state index in [2.05, 4.69) is 0 Å². The van der Waals surface area contributed by atoms with E-state index >= 15 is 0 Å². The fraction of sp³-hybridized carbons (Fsp3) is 0.400. The topological polar surface area (TPSA) is 80.5 Å². The van der Waals surface area contributed by atoms with Gasteiger partial charge >= 0.3 is 0 Å². The second-order valence-corrected chi connectivity index (χ2v) is 5.37. The van der Waals surface area contributed by atoms with Crippen molar-refractivity contribution in [3.63, 3.8) is 0 Å². The molecule has 2 aliphatic rings. The van der Waals surface area contributed by atoms with Crippen LogP contribution >= 0.6 is 0 Å². The van der Waals surface area contributed by atoms with Crippen molar-refractivity contribution in [2.45, 2.75) is 38.1 Å². The van der Waals surface area contributed by atoms with Gasteiger partial charge in [-0.05, 0) is 31.0 Å². The van der Waals surface area contributed by atoms with Gasteiger partial charge in [-0.25, -0.2) is 0 Å². The molecule has 104 valence electrons. The molecule has 0 radical (unpaired) electrons. The third-order valence-electron chi connectivity index (χ3n) is 4.03. The molecule has 1 aromatic rings. The summed E-state index contributed by atoms with van der Waals surface area (Å²) in [7, 11) is 0. The SMILES string of the molecule is Nc1ccc2c(c1)C(=O)N([C@H]1CCCCCC1=O)C2=O. The fourth-order valence-corrected chi connectivity index (χ4v) is 2.97. The van der Waals surface area contributed by atoms with Gasteiger partial charge in [0.1, 0.15) is 0 Å². The van der Waals surface area contributed by atoms with Gasteiger partial charge in [-0.2, -0.15) is 0 Å². The molecular formula is C15H16N2O3. The van der Waals surface area contributed by atoms with Gasteiger partial charge in [-0.3, -0.25) is 19.3 Å². The molecule has 1 atom stereocenters. The fourth-order valence-electron chi connectivity index (χ4n) is 2.97. The lowest BCUT2D eigenvalue weighted by molar-refractivity contribution is -0.122. The zero-order valence-electron chi connectivity index (χ0n) is 11.1. The first kappa shape index (κ1) is 12.8. The van der Waals surface area contributed by atoms with E-state index in [1.54, 1.807) is 12.1 Å². The average Bonchev–Trinajstić information content (AvgIpc) is 2.57. The van der Waals surface area contributed by atoms with Gasteiger partial charge in [-0.1, -0.05) is 12.8 Å². The van der Waals surface area contributed by atoms with Crippen molar-refractivity contribution in [2.75, 3.05) is 5.73 Å². The number of anilines is 1. The van der Waals surface area contributed by atoms with E-state index in [0.717, 1.165) is 24.2 Å². The van der Waals surface area contributed by atoms with E-state index in [4.69, 9.17) is 5.73 Å². The maximum absolute atomic E-state index is 12.4. The molecular weight excluding hydrogens is 256 g/mol. The number of carbonyl (C=O) groups excluding carboxylic acids is 3. The quantitative estimate of drug-likeness (QED) is 0.480. The molecule has 1 heterocycles. The number of benzene rings is 1. The Balaban J connectivity index is 1.98. The molecule has 5 heteroatoms. The van der Waals surface area contributed by atoms with E-state index in [-0.39, 0.29) is 11.7 Å². The zero-order valence-corrected chi connectivity index (χ0v) is 11.1. The molecule has 0 saturated heterocycles. The highest BCUT2D eigenvalue weighted by Gasteiger charge is 2.42. The Hall–Kier alpha value is -2.17. The first-order valence-corrected chi connectivity index (χ1v) is 6.89. The first-order chi connectivity index (χ1) is 9.59. The number of nitrogen functional groups attached to an aromatic ring is 1. The van der Waals surface area contributed by atoms with Crippen molar-refractivity contribution in [2.24, 2.45) is 0 Å². The van der Waals surface area contributed by atoms with Crippen LogP contribution in [-0.2, 0) is 4.79 Å². The monoisotopic (exact) mass is 272 g/mol. The van der Waals surface area contributed by atoms with Gasteiger partial charge in [0.2, 0.25) is 0 Å². The molecule has 2 N–H and O–H groups in total. The maximum atomic E-state index is 12.4. The first-order valence-electron chi connectivity index (χ1n) is 6.89. The lowest BCUT2D eigenvalue weighted by Gasteiger charge is -2.23. The molecule has 1 aliphatic carbocycles. The predicted octanol–water partition coefficient (Wildman–Crippen LogP) is 1.77. The Morgan fingerprint density at radius 3 is 2.55 bits per heavy atom. The normalized spacial score (nSPS) is 22.9. The van der Waals surface area contributed by atoms with E-state index in [1.165, 1.54) is 6.07 Å². The number of nitrogens with two attached hydrogens (primary N) is 1. The second-order valence-electron chi connectivity index (χ2n) is 5.37. The van der Waals surface area contributed by atoms with Gasteiger partial charge in [0.15, 0.2) is 5.78 Å². The highest BCUT2D eigenvalue weighted by atomic mass is 16.2. The number of Topliss-reactive ketones (excluding diaryl/α,β-unsaturated/α-hetero) is 1. The van der Waals surface area contributed by atoms with Crippen LogP contribution in [0.4, 0.5) is 5.69 Å². The molecule has 0 unspecified atom stereocenters. The number of nitrogens with zero attached hydrogens (tertiary/aromatic N) is 1. The van der Waals surface area contributed by atoms with Crippen LogP contribution in [0.2, 0.25) is 0 Å². The van der Waals surface area contributed by atoms with E-state index in [1.807, 2.05) is 0 Å². The Morgan fingerprint density at radius 2 is 1.75 bits per heavy atom. The Morgan fingerprint density at radius 1 is 1.00 bits per heavy atom. The van der Waals surface area contributed by atoms with Gasteiger partial charge in [-0.15, -0.1) is 0 Å². The van der Waals surface area contributed by atoms with Gasteiger partial charge < -0.3 is 5.73 Å². The van der Waals surface area contributed by atoms with E-state index < -0.39 is 11.9 Å². The summed E-state index contributed by atoms with van der Waals surface area (Å²) in [5.74, 6) is -0.771. The molecule has 1 saturated carbocycles. The summed E-state index contributed by atoms with van der Waals surface area (Å²) in [6.45, 7) is 0. The third-order valence-corrected chi connectivity index (χ3v) is 4.03. The van der Waals surface area contributed by atoms with Gasteiger partial charge in [0.25, 0.3) is 11.8 Å². The molecule has 20 heavy (non-hydrogen) atoms. The number of rotatable bonds is 1. The smallest absolute Gasteiger partial charge is 0.262 e. The Kier molecular flexibility index (Phi) is 3.04. The summed E-state index contributed by atoms with van der Waals surface area (Å²) < 4.78 is 0. The minimum absolute atomic E-state index is 0.00928. The van der Waals surface area contributed by atoms with Gasteiger partial charge in [0, 0.05) is 12.1 Å². The number of carbonyl (C=O) groups is 3. The Labute approximate surface area is 116 Å². The predicted molar refractivity (Wildman–Crippen MR) is 73.2 cm³/mol. The summed E-state index contributed by atoms with van der Waals surface area (Å²) >= 11 is 0. The number of amides is 2. The van der Waals surface area contributed by atoms with Crippen LogP contribution in [0.15, 0.2) is 18.2 Å². The van der Waals surface area contributed by atoms with Crippen molar-refractivity contribution in [3.8, 4) is 0 Å². The van der Waals surface area contributed by atoms with Crippen molar-refractivity contribution in [1.29, 1.82) is 0 Å². The summed E-state index contributed by atoms with van der Waals surface area (Å²) in [6, 6.07) is 4.07. The van der Waals surface area contributed by atoms with E-state index in [0.29, 0.717) is 29.7 Å². The number of imide groups is 1. The van der Waals surface area contributed by atoms with Crippen molar-refractivity contribution in [1.82, 2.24) is 4.90 Å². The number of hydrogen-bond donors (Lipinski definition) is 1. The average molecular weight is 272 g/mol. The molecule has 1 fully saturated rings. The van der Waals surface area contributed by atoms with Crippen molar-refractivity contribution in [3.05, 3.63) is 29.3 Å². The summed E-state index contributed by atoms with van der Waals surface area (Å²) in [5.41, 5.74) is 6.77. The molecule has 1 aromatic carbocycles. The molecule has 1 aliphatic heterocycles. The van der Waals surface area contributed by atoms with Crippen LogP contribution in [0.5, 0.6) is 0 Å². The van der Waals surface area contributed by atoms with Crippen LogP contribution in [-0.4, -0.2) is 28.5 Å². The van der Waals surface area contributed by atoms with Crippen LogP contribution in [0.25, 0.3) is 0 Å². The number of ketones is 1. The molecule has 5 nitrogen and oxygen atoms in total. The molecule has 0 spiro atoms. The standard InChI is InChI=1S/C15H16N2O3/c16-9-6-7-10-11(8-9)15(20)17(14(10)19)12-4-2-1-3-5-13(12)18/h6-8,12H,1-5,16H2/t12-/m0/s1. The number of hydrogen-bond acceptors (Lipinski definition) is 4. The summed E-state index contributed by atoms with van der Waals surface area (Å²) in [5, 5.41) is 0. The van der Waals surface area contributed by atoms with Gasteiger partial charge in [0.05, 0.1) is 17.2 Å². The molecule has 0 aromatic heterocycles. The molecule has 3 rings (SSSR count). The Bertz CT molecular complexity index is 609. The molecule has 2 amide bonds. The largest absolute Gasteiger partial charge is 0.399 e. The van der Waals surface area contributed by atoms with Crippen LogP contribution in [0, 0.1) is 0 Å². The summed E-state index contributed by atoms with van der Waals surface area (Å²) in [6.07, 6.45) is 3.69. The van der Waals surface area contributed by atoms with Crippen LogP contribution < -0.4 is 5.73 Å². The minimum atomic E-state index is -0.605.